The molecule has 1 saturated heterocycles. The molecule has 5 nitrogen and oxygen atoms in total. The second-order valence-electron chi connectivity index (χ2n) is 9.97. The second kappa shape index (κ2) is 11.1. The molecule has 6 heteroatoms. The maximum absolute atomic E-state index is 13.9. The Morgan fingerprint density at radius 2 is 1.61 bits per heavy atom. The Bertz CT molecular complexity index is 1310. The van der Waals surface area contributed by atoms with Gasteiger partial charge in [-0.25, -0.2) is 4.98 Å². The number of fused-ring (bicyclic) bond motifs is 1. The van der Waals surface area contributed by atoms with Gasteiger partial charge in [-0.2, -0.15) is 0 Å². The van der Waals surface area contributed by atoms with Crippen molar-refractivity contribution in [3.05, 3.63) is 106 Å². The summed E-state index contributed by atoms with van der Waals surface area (Å²) in [6, 6.07) is 25.8. The zero-order valence-electron chi connectivity index (χ0n) is 21.3. The molecule has 1 fully saturated rings. The van der Waals surface area contributed by atoms with E-state index in [9.17, 15) is 4.79 Å². The van der Waals surface area contributed by atoms with Crippen LogP contribution in [0.3, 0.4) is 0 Å². The maximum atomic E-state index is 13.9. The first kappa shape index (κ1) is 24.3. The monoisotopic (exact) mass is 479 g/mol. The Morgan fingerprint density at radius 3 is 2.25 bits per heavy atom. The predicted molar refractivity (Wildman–Crippen MR) is 148 cm³/mol. The molecule has 0 saturated carbocycles. The molecule has 184 valence electrons. The van der Waals surface area contributed by atoms with Crippen LogP contribution in [0.5, 0.6) is 5.75 Å². The Balaban J connectivity index is 1.41. The van der Waals surface area contributed by atoms with Gasteiger partial charge in [-0.05, 0) is 80.9 Å². The molecule has 0 N–H and O–H groups in total. The predicted octanol–water partition coefficient (Wildman–Crippen LogP) is 4.76. The lowest BCUT2D eigenvalue weighted by atomic mass is 9.91. The number of nitrogens with zero attached hydrogens (tertiary/aromatic N) is 3. The summed E-state index contributed by atoms with van der Waals surface area (Å²) in [5.74, 6) is 2.22. The van der Waals surface area contributed by atoms with Crippen LogP contribution in [-0.2, 0) is 0 Å². The van der Waals surface area contributed by atoms with Gasteiger partial charge in [0.1, 0.15) is 11.6 Å². The van der Waals surface area contributed by atoms with Crippen molar-refractivity contribution >= 4 is 18.9 Å². The molecule has 36 heavy (non-hydrogen) atoms. The fourth-order valence-corrected chi connectivity index (χ4v) is 5.36. The lowest BCUT2D eigenvalue weighted by Crippen LogP contribution is -2.31. The first-order valence-corrected chi connectivity index (χ1v) is 13.0. The SMILES string of the molecule is BN1CCC(CCCOc2ccc3nc(C)n(C(c4ccccc4)c4ccccc4)c(=O)c3c2)CC1. The maximum Gasteiger partial charge on any atom is 0.262 e. The van der Waals surface area contributed by atoms with Gasteiger partial charge in [-0.15, -0.1) is 0 Å². The van der Waals surface area contributed by atoms with Crippen LogP contribution in [0.15, 0.2) is 83.7 Å². The quantitative estimate of drug-likeness (QED) is 0.270. The van der Waals surface area contributed by atoms with Gasteiger partial charge in [0, 0.05) is 0 Å². The zero-order valence-corrected chi connectivity index (χ0v) is 21.3. The van der Waals surface area contributed by atoms with Gasteiger partial charge < -0.3 is 9.55 Å². The van der Waals surface area contributed by atoms with Crippen molar-refractivity contribution in [3.8, 4) is 5.75 Å². The van der Waals surface area contributed by atoms with E-state index < -0.39 is 0 Å². The summed E-state index contributed by atoms with van der Waals surface area (Å²) in [6.45, 7) is 4.97. The third kappa shape index (κ3) is 5.39. The fourth-order valence-electron chi connectivity index (χ4n) is 5.36. The highest BCUT2D eigenvalue weighted by molar-refractivity contribution is 6.04. The minimum Gasteiger partial charge on any atom is -0.494 e. The minimum absolute atomic E-state index is 0.0491. The van der Waals surface area contributed by atoms with Crippen LogP contribution < -0.4 is 10.3 Å². The summed E-state index contributed by atoms with van der Waals surface area (Å²) in [5, 5.41) is 0.588. The third-order valence-electron chi connectivity index (χ3n) is 7.40. The number of piperidine rings is 1. The first-order chi connectivity index (χ1) is 17.6. The van der Waals surface area contributed by atoms with Crippen LogP contribution in [-0.4, -0.2) is 42.0 Å². The average Bonchev–Trinajstić information content (AvgIpc) is 2.91. The summed E-state index contributed by atoms with van der Waals surface area (Å²) in [4.78, 5) is 21.1. The van der Waals surface area contributed by atoms with Gasteiger partial charge >= 0.3 is 0 Å². The van der Waals surface area contributed by atoms with Crippen LogP contribution in [0.25, 0.3) is 10.9 Å². The molecule has 0 spiro atoms. The topological polar surface area (TPSA) is 47.4 Å². The van der Waals surface area contributed by atoms with Gasteiger partial charge in [0.2, 0.25) is 0 Å². The smallest absolute Gasteiger partial charge is 0.262 e. The van der Waals surface area contributed by atoms with Crippen molar-refractivity contribution in [2.45, 2.75) is 38.6 Å². The summed E-state index contributed by atoms with van der Waals surface area (Å²) in [7, 11) is 2.20. The molecule has 5 rings (SSSR count). The van der Waals surface area contributed by atoms with Crippen LogP contribution in [0.4, 0.5) is 0 Å². The molecule has 1 aliphatic heterocycles. The van der Waals surface area contributed by atoms with Crippen LogP contribution in [0.2, 0.25) is 0 Å². The molecule has 0 unspecified atom stereocenters. The van der Waals surface area contributed by atoms with E-state index in [2.05, 4.69) is 37.1 Å². The third-order valence-corrected chi connectivity index (χ3v) is 7.40. The molecular weight excluding hydrogens is 445 g/mol. The summed E-state index contributed by atoms with van der Waals surface area (Å²) < 4.78 is 7.91. The average molecular weight is 479 g/mol. The molecule has 0 radical (unpaired) electrons. The number of aromatic nitrogens is 2. The van der Waals surface area contributed by atoms with E-state index in [-0.39, 0.29) is 11.6 Å². The van der Waals surface area contributed by atoms with Crippen molar-refractivity contribution in [3.63, 3.8) is 0 Å². The highest BCUT2D eigenvalue weighted by Gasteiger charge is 2.21. The lowest BCUT2D eigenvalue weighted by Gasteiger charge is -2.29. The molecule has 1 aromatic heterocycles. The van der Waals surface area contributed by atoms with Gasteiger partial charge in [0.15, 0.2) is 7.98 Å². The zero-order chi connectivity index (χ0) is 24.9. The van der Waals surface area contributed by atoms with E-state index in [1.165, 1.54) is 32.4 Å². The summed E-state index contributed by atoms with van der Waals surface area (Å²) in [6.07, 6.45) is 4.79. The minimum atomic E-state index is -0.254. The van der Waals surface area contributed by atoms with Crippen LogP contribution >= 0.6 is 0 Å². The fraction of sp³-hybridized carbons (Fsp3) is 0.333. The molecule has 0 atom stereocenters. The number of aryl methyl sites for hydroxylation is 1. The molecule has 3 aromatic carbocycles. The number of hydrogen-bond donors (Lipinski definition) is 0. The van der Waals surface area contributed by atoms with Crippen LogP contribution in [0.1, 0.15) is 48.7 Å². The van der Waals surface area contributed by atoms with E-state index in [0.717, 1.165) is 29.2 Å². The number of rotatable bonds is 8. The van der Waals surface area contributed by atoms with Gasteiger partial charge in [0.25, 0.3) is 5.56 Å². The van der Waals surface area contributed by atoms with Crippen molar-refractivity contribution in [1.29, 1.82) is 0 Å². The molecular formula is C30H34BN3O2. The molecule has 0 aliphatic carbocycles. The van der Waals surface area contributed by atoms with E-state index in [1.807, 2.05) is 66.1 Å². The van der Waals surface area contributed by atoms with E-state index >= 15 is 0 Å². The molecule has 2 heterocycles. The Morgan fingerprint density at radius 1 is 0.972 bits per heavy atom. The molecule has 4 aromatic rings. The normalized spacial score (nSPS) is 14.9. The highest BCUT2D eigenvalue weighted by Crippen LogP contribution is 2.28. The van der Waals surface area contributed by atoms with Gasteiger partial charge in [-0.1, -0.05) is 60.7 Å². The lowest BCUT2D eigenvalue weighted by molar-refractivity contribution is 0.242. The standard InChI is InChI=1S/C30H34BN3O2/c1-22-32-28-15-14-26(36-20-8-9-23-16-18-33(31)19-17-23)21-27(28)30(35)34(22)29(24-10-4-2-5-11-24)25-12-6-3-7-13-25/h2-7,10-15,21,23,29H,8-9,16-20,31H2,1H3. The molecule has 0 amide bonds. The van der Waals surface area contributed by atoms with Crippen molar-refractivity contribution in [2.24, 2.45) is 5.92 Å². The molecule has 1 aliphatic rings. The largest absolute Gasteiger partial charge is 0.494 e. The second-order valence-corrected chi connectivity index (χ2v) is 9.97. The Kier molecular flexibility index (Phi) is 7.52. The Labute approximate surface area is 214 Å². The van der Waals surface area contributed by atoms with Gasteiger partial charge in [-0.3, -0.25) is 9.36 Å². The summed E-state index contributed by atoms with van der Waals surface area (Å²) >= 11 is 0. The van der Waals surface area contributed by atoms with E-state index in [0.29, 0.717) is 23.3 Å². The summed E-state index contributed by atoms with van der Waals surface area (Å²) in [5.41, 5.74) is 2.76. The first-order valence-electron chi connectivity index (χ1n) is 13.0. The number of benzene rings is 3. The van der Waals surface area contributed by atoms with E-state index in [1.54, 1.807) is 0 Å². The van der Waals surface area contributed by atoms with E-state index in [4.69, 9.17) is 9.72 Å². The van der Waals surface area contributed by atoms with Crippen LogP contribution in [0, 0.1) is 12.8 Å². The van der Waals surface area contributed by atoms with Crippen molar-refractivity contribution < 1.29 is 4.74 Å². The van der Waals surface area contributed by atoms with Crippen molar-refractivity contribution in [1.82, 2.24) is 14.4 Å². The Hall–Kier alpha value is -3.38. The van der Waals surface area contributed by atoms with Crippen molar-refractivity contribution in [2.75, 3.05) is 19.7 Å². The highest BCUT2D eigenvalue weighted by atomic mass is 16.5. The molecule has 0 bridgehead atoms. The number of ether oxygens (including phenoxy) is 1. The number of hydrogen-bond acceptors (Lipinski definition) is 4. The van der Waals surface area contributed by atoms with Gasteiger partial charge in [0.05, 0.1) is 23.6 Å².